The van der Waals surface area contributed by atoms with Gasteiger partial charge in [-0.2, -0.15) is 0 Å². The molecule has 32 heavy (non-hydrogen) atoms. The van der Waals surface area contributed by atoms with Gasteiger partial charge in [0.15, 0.2) is 5.17 Å². The number of hydrogen-bond donors (Lipinski definition) is 1. The van der Waals surface area contributed by atoms with Crippen LogP contribution >= 0.6 is 11.8 Å². The predicted molar refractivity (Wildman–Crippen MR) is 120 cm³/mol. The molecule has 9 heteroatoms. The van der Waals surface area contributed by atoms with Crippen LogP contribution in [-0.2, 0) is 20.9 Å². The standard InChI is InChI=1S/C23H21FN4O3S/c1-14-20(22(30)31-2)21(17-8-3-4-9-18(17)24)28-16(13-32-23(28)27-14)11-19(29)26-12-15-7-5-6-10-25-15/h3-10,13,21H,11-12H2,1-2H3,(H,26,29). The van der Waals surface area contributed by atoms with Crippen LogP contribution in [0.1, 0.15) is 30.6 Å². The van der Waals surface area contributed by atoms with Crippen molar-refractivity contribution in [2.45, 2.75) is 25.9 Å². The van der Waals surface area contributed by atoms with E-state index in [1.807, 2.05) is 12.1 Å². The van der Waals surface area contributed by atoms with Crippen molar-refractivity contribution in [3.63, 3.8) is 0 Å². The molecule has 3 heterocycles. The first kappa shape index (κ1) is 21.8. The maximum atomic E-state index is 14.8. The lowest BCUT2D eigenvalue weighted by molar-refractivity contribution is -0.136. The number of amidine groups is 1. The fourth-order valence-electron chi connectivity index (χ4n) is 3.65. The molecule has 1 amide bonds. The quantitative estimate of drug-likeness (QED) is 0.674. The highest BCUT2D eigenvalue weighted by atomic mass is 32.2. The van der Waals surface area contributed by atoms with Crippen molar-refractivity contribution < 1.29 is 18.7 Å². The number of rotatable bonds is 6. The Hall–Kier alpha value is -3.46. The summed E-state index contributed by atoms with van der Waals surface area (Å²) in [5, 5.41) is 5.23. The zero-order valence-corrected chi connectivity index (χ0v) is 18.4. The van der Waals surface area contributed by atoms with Crippen molar-refractivity contribution in [1.29, 1.82) is 0 Å². The largest absolute Gasteiger partial charge is 0.466 e. The molecule has 0 aliphatic carbocycles. The molecule has 4 rings (SSSR count). The van der Waals surface area contributed by atoms with Crippen LogP contribution in [0.15, 0.2) is 76.0 Å². The Morgan fingerprint density at radius 1 is 1.22 bits per heavy atom. The van der Waals surface area contributed by atoms with Gasteiger partial charge in [0, 0.05) is 17.5 Å². The van der Waals surface area contributed by atoms with Crippen LogP contribution in [0.5, 0.6) is 0 Å². The lowest BCUT2D eigenvalue weighted by atomic mass is 9.93. The summed E-state index contributed by atoms with van der Waals surface area (Å²) in [6.07, 6.45) is 1.70. The highest BCUT2D eigenvalue weighted by molar-refractivity contribution is 8.16. The Labute approximate surface area is 189 Å². The molecule has 1 N–H and O–H groups in total. The van der Waals surface area contributed by atoms with Gasteiger partial charge in [0.25, 0.3) is 0 Å². The Morgan fingerprint density at radius 3 is 2.72 bits per heavy atom. The highest BCUT2D eigenvalue weighted by Gasteiger charge is 2.41. The molecule has 2 aromatic rings. The van der Waals surface area contributed by atoms with E-state index in [1.54, 1.807) is 47.7 Å². The average Bonchev–Trinajstić information content (AvgIpc) is 3.19. The summed E-state index contributed by atoms with van der Waals surface area (Å²) in [6.45, 7) is 1.99. The molecule has 0 saturated carbocycles. The number of nitrogens with one attached hydrogen (secondary N) is 1. The van der Waals surface area contributed by atoms with E-state index in [0.29, 0.717) is 28.7 Å². The fraction of sp³-hybridized carbons (Fsp3) is 0.217. The van der Waals surface area contributed by atoms with Gasteiger partial charge in [-0.25, -0.2) is 14.2 Å². The number of hydrogen-bond acceptors (Lipinski definition) is 7. The lowest BCUT2D eigenvalue weighted by Gasteiger charge is -2.36. The summed E-state index contributed by atoms with van der Waals surface area (Å²) in [7, 11) is 1.28. The zero-order chi connectivity index (χ0) is 22.7. The first-order valence-electron chi connectivity index (χ1n) is 9.93. The van der Waals surface area contributed by atoms with Crippen LogP contribution in [0.4, 0.5) is 4.39 Å². The number of halogens is 1. The monoisotopic (exact) mass is 452 g/mol. The molecular weight excluding hydrogens is 431 g/mol. The number of thioether (sulfide) groups is 1. The van der Waals surface area contributed by atoms with Gasteiger partial charge in [-0.15, -0.1) is 0 Å². The van der Waals surface area contributed by atoms with Crippen LogP contribution in [0.3, 0.4) is 0 Å². The molecule has 7 nitrogen and oxygen atoms in total. The van der Waals surface area contributed by atoms with Gasteiger partial charge in [-0.05, 0) is 30.5 Å². The number of ether oxygens (including phenoxy) is 1. The minimum atomic E-state index is -0.791. The molecule has 0 fully saturated rings. The lowest BCUT2D eigenvalue weighted by Crippen LogP contribution is -2.38. The number of aliphatic imine (C=N–C) groups is 1. The van der Waals surface area contributed by atoms with Crippen molar-refractivity contribution in [2.75, 3.05) is 7.11 Å². The number of pyridine rings is 1. The number of carbonyl (C=O) groups is 2. The van der Waals surface area contributed by atoms with Crippen molar-refractivity contribution in [3.05, 3.63) is 88.1 Å². The highest BCUT2D eigenvalue weighted by Crippen LogP contribution is 2.45. The number of amides is 1. The molecule has 1 aromatic carbocycles. The number of methoxy groups -OCH3 is 1. The van der Waals surface area contributed by atoms with E-state index < -0.39 is 17.8 Å². The van der Waals surface area contributed by atoms with Crippen LogP contribution in [0.2, 0.25) is 0 Å². The van der Waals surface area contributed by atoms with Crippen molar-refractivity contribution in [3.8, 4) is 0 Å². The second kappa shape index (κ2) is 9.35. The van der Waals surface area contributed by atoms with E-state index in [-0.39, 0.29) is 17.9 Å². The summed E-state index contributed by atoms with van der Waals surface area (Å²) in [5.41, 5.74) is 2.37. The minimum absolute atomic E-state index is 0.0390. The van der Waals surface area contributed by atoms with Gasteiger partial charge in [0.2, 0.25) is 5.91 Å². The van der Waals surface area contributed by atoms with Gasteiger partial charge in [-0.3, -0.25) is 9.78 Å². The third-order valence-electron chi connectivity index (χ3n) is 5.14. The van der Waals surface area contributed by atoms with Crippen LogP contribution in [0.25, 0.3) is 0 Å². The Kier molecular flexibility index (Phi) is 6.36. The molecule has 1 aromatic heterocycles. The number of esters is 1. The smallest absolute Gasteiger partial charge is 0.338 e. The number of fused-ring (bicyclic) bond motifs is 1. The second-order valence-corrected chi connectivity index (χ2v) is 8.02. The normalized spacial score (nSPS) is 17.5. The van der Waals surface area contributed by atoms with Crippen molar-refractivity contribution in [1.82, 2.24) is 15.2 Å². The molecule has 164 valence electrons. The van der Waals surface area contributed by atoms with Crippen LogP contribution in [-0.4, -0.2) is 34.0 Å². The molecule has 0 saturated heterocycles. The van der Waals surface area contributed by atoms with Gasteiger partial charge >= 0.3 is 5.97 Å². The molecule has 2 aliphatic heterocycles. The predicted octanol–water partition coefficient (Wildman–Crippen LogP) is 3.68. The maximum absolute atomic E-state index is 14.8. The van der Waals surface area contributed by atoms with E-state index >= 15 is 0 Å². The Morgan fingerprint density at radius 2 is 2.00 bits per heavy atom. The minimum Gasteiger partial charge on any atom is -0.466 e. The summed E-state index contributed by atoms with van der Waals surface area (Å²) in [5.74, 6) is -1.26. The number of aromatic nitrogens is 1. The van der Waals surface area contributed by atoms with E-state index in [1.165, 1.54) is 24.9 Å². The summed E-state index contributed by atoms with van der Waals surface area (Å²) in [4.78, 5) is 35.8. The van der Waals surface area contributed by atoms with E-state index in [4.69, 9.17) is 4.74 Å². The van der Waals surface area contributed by atoms with Crippen molar-refractivity contribution in [2.24, 2.45) is 4.99 Å². The molecule has 1 unspecified atom stereocenters. The topological polar surface area (TPSA) is 83.9 Å². The van der Waals surface area contributed by atoms with E-state index in [9.17, 15) is 14.0 Å². The molecule has 2 aliphatic rings. The summed E-state index contributed by atoms with van der Waals surface area (Å²) >= 11 is 1.33. The first-order chi connectivity index (χ1) is 15.5. The number of nitrogens with zero attached hydrogens (tertiary/aromatic N) is 3. The third-order valence-corrected chi connectivity index (χ3v) is 6.03. The van der Waals surface area contributed by atoms with Crippen molar-refractivity contribution >= 4 is 28.8 Å². The summed E-state index contributed by atoms with van der Waals surface area (Å²) < 4.78 is 19.8. The molecular formula is C23H21FN4O3S. The number of carbonyl (C=O) groups excluding carboxylic acids is 2. The zero-order valence-electron chi connectivity index (χ0n) is 17.5. The average molecular weight is 453 g/mol. The third kappa shape index (κ3) is 4.29. The van der Waals surface area contributed by atoms with Gasteiger partial charge in [0.05, 0.1) is 43.1 Å². The first-order valence-corrected chi connectivity index (χ1v) is 10.8. The SMILES string of the molecule is COC(=O)C1=C(C)N=C2SC=C(CC(=O)NCc3ccccn3)N2C1c1ccccc1F. The van der Waals surface area contributed by atoms with Gasteiger partial charge < -0.3 is 15.0 Å². The van der Waals surface area contributed by atoms with Gasteiger partial charge in [0.1, 0.15) is 5.82 Å². The summed E-state index contributed by atoms with van der Waals surface area (Å²) in [6, 6.07) is 11.0. The fourth-order valence-corrected chi connectivity index (χ4v) is 4.61. The van der Waals surface area contributed by atoms with E-state index in [0.717, 1.165) is 5.69 Å². The molecule has 0 spiro atoms. The number of allylic oxidation sites excluding steroid dienone is 1. The second-order valence-electron chi connectivity index (χ2n) is 7.18. The van der Waals surface area contributed by atoms with E-state index in [2.05, 4.69) is 15.3 Å². The Bertz CT molecular complexity index is 1150. The Balaban J connectivity index is 1.62. The molecule has 0 bridgehead atoms. The van der Waals surface area contributed by atoms with Crippen LogP contribution in [0, 0.1) is 5.82 Å². The number of benzene rings is 1. The van der Waals surface area contributed by atoms with Crippen LogP contribution < -0.4 is 5.32 Å². The van der Waals surface area contributed by atoms with Gasteiger partial charge in [-0.1, -0.05) is 36.0 Å². The maximum Gasteiger partial charge on any atom is 0.338 e. The molecule has 1 atom stereocenters. The molecule has 0 radical (unpaired) electrons.